The molecule has 2 nitrogen and oxygen atoms in total. The van der Waals surface area contributed by atoms with Gasteiger partial charge in [0.25, 0.3) is 0 Å². The van der Waals surface area contributed by atoms with Gasteiger partial charge in [-0.3, -0.25) is 0 Å². The zero-order valence-corrected chi connectivity index (χ0v) is 31.8. The third-order valence-electron chi connectivity index (χ3n) is 8.23. The van der Waals surface area contributed by atoms with Gasteiger partial charge in [-0.2, -0.15) is 11.3 Å². The smallest absolute Gasteiger partial charge is 0.0795 e. The maximum Gasteiger partial charge on any atom is 0.0795 e. The molecule has 0 saturated carbocycles. The van der Waals surface area contributed by atoms with E-state index in [2.05, 4.69) is 102 Å². The molecular weight excluding hydrogens is 809 g/mol. The predicted octanol–water partition coefficient (Wildman–Crippen LogP) is 11.3. The quantitative estimate of drug-likeness (QED) is 0.123. The van der Waals surface area contributed by atoms with E-state index in [0.717, 1.165) is 27.2 Å². The number of hydrogen-bond acceptors (Lipinski definition) is 3. The van der Waals surface area contributed by atoms with Crippen LogP contribution >= 0.6 is 11.3 Å². The van der Waals surface area contributed by atoms with Gasteiger partial charge in [0.1, 0.15) is 0 Å². The number of nitrogens with zero attached hydrogens (tertiary/aromatic N) is 2. The summed E-state index contributed by atoms with van der Waals surface area (Å²) in [5.41, 5.74) is 7.31. The van der Waals surface area contributed by atoms with Gasteiger partial charge >= 0.3 is 0 Å². The normalized spacial score (nSPS) is 12.0. The van der Waals surface area contributed by atoms with E-state index in [4.69, 9.17) is 2.74 Å². The Morgan fingerprint density at radius 2 is 1.43 bits per heavy atom. The van der Waals surface area contributed by atoms with E-state index in [-0.39, 0.29) is 20.1 Å². The first-order chi connectivity index (χ1) is 24.2. The van der Waals surface area contributed by atoms with E-state index in [1.165, 1.54) is 31.8 Å². The number of pyridine rings is 2. The van der Waals surface area contributed by atoms with Crippen molar-refractivity contribution in [3.8, 4) is 33.6 Å². The van der Waals surface area contributed by atoms with Crippen molar-refractivity contribution >= 4 is 44.8 Å². The fourth-order valence-electron chi connectivity index (χ4n) is 5.62. The van der Waals surface area contributed by atoms with E-state index in [9.17, 15) is 0 Å². The van der Waals surface area contributed by atoms with Crippen LogP contribution in [0.15, 0.2) is 152 Å². The molecule has 0 amide bonds. The molecule has 0 atom stereocenters. The molecular formula is C44H36IrN2SSi-2. The summed E-state index contributed by atoms with van der Waals surface area (Å²) >= 11 is 1.74. The first kappa shape index (κ1) is 31.7. The molecule has 0 N–H and O–H groups in total. The van der Waals surface area contributed by atoms with Crippen LogP contribution in [0.25, 0.3) is 53.8 Å². The van der Waals surface area contributed by atoms with E-state index in [1.807, 2.05) is 79.0 Å². The van der Waals surface area contributed by atoms with Crippen LogP contribution in [0.3, 0.4) is 0 Å². The van der Waals surface area contributed by atoms with Crippen LogP contribution in [-0.4, -0.2) is 18.0 Å². The van der Waals surface area contributed by atoms with Crippen LogP contribution in [0.5, 0.6) is 0 Å². The SMILES string of the molecule is C[Si](C)(C)c1ccc(-c2[c-]cccc2)nc1.[2H]C([2H])(c1ccccc1)c1ccnc(-c2[c-]ccc3c2sc2cc(-c4ccccc4)ccc23)c1.[Ir]. The summed E-state index contributed by atoms with van der Waals surface area (Å²) in [6.45, 7) is 7.00. The standard InChI is InChI=1S/C30H20NS.C14H16NSi.Ir/c1-3-8-21(9-4-1)18-22-16-17-31-28(19-22)27-13-7-12-26-25-15-14-24(20-29(25)32-30(26)27)23-10-5-2-6-11-23;1-16(2,3)13-9-10-14(15-11-13)12-7-5-4-6-8-12;/h1-12,14-17,19-20H,18H2;4-7,9-11H,1-3H3;/q2*-1;/i18D2;;. The number of thiophene rings is 1. The van der Waals surface area contributed by atoms with Crippen molar-refractivity contribution in [2.24, 2.45) is 0 Å². The van der Waals surface area contributed by atoms with Crippen LogP contribution in [0.2, 0.25) is 19.6 Å². The molecule has 0 spiro atoms. The Hall–Kier alpha value is -4.51. The van der Waals surface area contributed by atoms with Crippen LogP contribution < -0.4 is 5.19 Å². The number of rotatable bonds is 6. The fourth-order valence-corrected chi connectivity index (χ4v) is 7.91. The minimum absolute atomic E-state index is 0. The molecule has 3 heterocycles. The molecule has 1 radical (unpaired) electrons. The van der Waals surface area contributed by atoms with Gasteiger partial charge in [-0.1, -0.05) is 116 Å². The summed E-state index contributed by atoms with van der Waals surface area (Å²) in [7, 11) is -1.23. The van der Waals surface area contributed by atoms with Crippen molar-refractivity contribution in [3.05, 3.63) is 175 Å². The zero-order valence-electron chi connectivity index (χ0n) is 29.6. The van der Waals surface area contributed by atoms with Crippen molar-refractivity contribution in [1.29, 1.82) is 0 Å². The Kier molecular flexibility index (Phi) is 9.95. The Morgan fingerprint density at radius 1 is 0.653 bits per heavy atom. The second-order valence-corrected chi connectivity index (χ2v) is 18.8. The Morgan fingerprint density at radius 3 is 2.14 bits per heavy atom. The summed E-state index contributed by atoms with van der Waals surface area (Å²) in [5.74, 6) is 0. The minimum Gasteiger partial charge on any atom is -0.305 e. The van der Waals surface area contributed by atoms with Crippen molar-refractivity contribution in [1.82, 2.24) is 9.97 Å². The van der Waals surface area contributed by atoms with Gasteiger partial charge in [0.2, 0.25) is 0 Å². The second kappa shape index (κ2) is 15.4. The molecule has 5 heteroatoms. The summed E-state index contributed by atoms with van der Waals surface area (Å²) in [6, 6.07) is 52.8. The topological polar surface area (TPSA) is 25.8 Å². The maximum atomic E-state index is 8.75. The monoisotopic (exact) mass is 847 g/mol. The third kappa shape index (κ3) is 8.04. The van der Waals surface area contributed by atoms with E-state index in [0.29, 0.717) is 11.1 Å². The molecule has 0 aliphatic carbocycles. The van der Waals surface area contributed by atoms with Gasteiger partial charge < -0.3 is 9.97 Å². The molecule has 0 bridgehead atoms. The number of aromatic nitrogens is 2. The molecule has 0 aliphatic heterocycles. The average molecular weight is 847 g/mol. The zero-order chi connectivity index (χ0) is 34.7. The summed E-state index contributed by atoms with van der Waals surface area (Å²) < 4.78 is 19.8. The summed E-state index contributed by atoms with van der Waals surface area (Å²) in [6.07, 6.45) is 2.10. The van der Waals surface area contributed by atoms with Gasteiger partial charge in [-0.05, 0) is 67.4 Å². The molecule has 0 unspecified atom stereocenters. The third-order valence-corrected chi connectivity index (χ3v) is 11.4. The van der Waals surface area contributed by atoms with Crippen molar-refractivity contribution in [2.45, 2.75) is 26.0 Å². The molecule has 49 heavy (non-hydrogen) atoms. The maximum absolute atomic E-state index is 8.75. The fraction of sp³-hybridized carbons (Fsp3) is 0.0909. The number of hydrogen-bond donors (Lipinski definition) is 0. The molecule has 0 saturated heterocycles. The second-order valence-electron chi connectivity index (χ2n) is 12.7. The summed E-state index contributed by atoms with van der Waals surface area (Å²) in [5, 5.41) is 3.78. The van der Waals surface area contributed by atoms with Gasteiger partial charge in [-0.25, -0.2) is 0 Å². The van der Waals surface area contributed by atoms with Crippen LogP contribution in [0.4, 0.5) is 0 Å². The Bertz CT molecular complexity index is 2380. The number of fused-ring (bicyclic) bond motifs is 3. The summed E-state index contributed by atoms with van der Waals surface area (Å²) in [4.78, 5) is 9.13. The molecule has 0 aliphatic rings. The Labute approximate surface area is 310 Å². The van der Waals surface area contributed by atoms with Crippen LogP contribution in [0, 0.1) is 12.1 Å². The largest absolute Gasteiger partial charge is 0.305 e. The van der Waals surface area contributed by atoms with Crippen molar-refractivity contribution in [3.63, 3.8) is 0 Å². The molecule has 0 fully saturated rings. The van der Waals surface area contributed by atoms with E-state index < -0.39 is 14.4 Å². The van der Waals surface area contributed by atoms with Crippen molar-refractivity contribution in [2.75, 3.05) is 0 Å². The molecule has 243 valence electrons. The molecule has 3 aromatic heterocycles. The predicted molar refractivity (Wildman–Crippen MR) is 208 cm³/mol. The van der Waals surface area contributed by atoms with Crippen LogP contribution in [0.1, 0.15) is 13.9 Å². The number of benzene rings is 5. The average Bonchev–Trinajstić information content (AvgIpc) is 3.54. The van der Waals surface area contributed by atoms with Gasteiger partial charge in [0.15, 0.2) is 0 Å². The van der Waals surface area contributed by atoms with Gasteiger partial charge in [0.05, 0.1) is 8.07 Å². The molecule has 8 aromatic rings. The first-order valence-electron chi connectivity index (χ1n) is 17.1. The van der Waals surface area contributed by atoms with Gasteiger partial charge in [0, 0.05) is 39.9 Å². The molecule has 8 rings (SSSR count). The van der Waals surface area contributed by atoms with Gasteiger partial charge in [-0.15, -0.1) is 59.7 Å². The first-order valence-corrected chi connectivity index (χ1v) is 20.4. The molecule has 5 aromatic carbocycles. The van der Waals surface area contributed by atoms with E-state index >= 15 is 0 Å². The Balaban J connectivity index is 0.000000222. The minimum atomic E-state index is -1.61. The van der Waals surface area contributed by atoms with Crippen molar-refractivity contribution < 1.29 is 22.8 Å². The van der Waals surface area contributed by atoms with E-state index in [1.54, 1.807) is 23.6 Å². The van der Waals surface area contributed by atoms with Crippen LogP contribution in [-0.2, 0) is 26.5 Å².